The summed E-state index contributed by atoms with van der Waals surface area (Å²) in [5.74, 6) is -2.01. The third-order valence-electron chi connectivity index (χ3n) is 5.77. The lowest BCUT2D eigenvalue weighted by Gasteiger charge is -2.41. The van der Waals surface area contributed by atoms with E-state index >= 15 is 0 Å². The molecule has 2 saturated heterocycles. The fraction of sp³-hybridized carbons (Fsp3) is 0.900. The average molecular weight is 417 g/mol. The van der Waals surface area contributed by atoms with E-state index in [0.717, 1.165) is 0 Å². The first-order valence-electron chi connectivity index (χ1n) is 10.4. The summed E-state index contributed by atoms with van der Waals surface area (Å²) in [5, 5.41) is 4.14. The van der Waals surface area contributed by atoms with Crippen LogP contribution in [-0.2, 0) is 14.3 Å². The number of likely N-dealkylation sites (tertiary alicyclic amines) is 2. The van der Waals surface area contributed by atoms with Crippen LogP contribution in [0.2, 0.25) is 0 Å². The maximum absolute atomic E-state index is 13.4. The summed E-state index contributed by atoms with van der Waals surface area (Å²) in [6.07, 6.45) is 0.630. The van der Waals surface area contributed by atoms with Gasteiger partial charge in [-0.2, -0.15) is 0 Å². The molecular weight excluding hydrogens is 384 g/mol. The second-order valence-electron chi connectivity index (χ2n) is 9.62. The minimum atomic E-state index is -2.55. The SMILES string of the molecule is CC(C)(C)OC(=O)N1CCC(C)(C2=NOCC(CN3CCC(F)(F)CC3)O2)CC1. The van der Waals surface area contributed by atoms with Crippen LogP contribution in [-0.4, -0.2) is 78.7 Å². The average Bonchev–Trinajstić information content (AvgIpc) is 2.63. The Balaban J connectivity index is 1.50. The molecule has 0 spiro atoms. The van der Waals surface area contributed by atoms with E-state index in [4.69, 9.17) is 14.3 Å². The third kappa shape index (κ3) is 5.93. The molecule has 0 aromatic carbocycles. The van der Waals surface area contributed by atoms with Crippen LogP contribution in [0.1, 0.15) is 53.4 Å². The Labute approximate surface area is 171 Å². The Kier molecular flexibility index (Phi) is 6.27. The first kappa shape index (κ1) is 22.1. The lowest BCUT2D eigenvalue weighted by Crippen LogP contribution is -2.50. The van der Waals surface area contributed by atoms with E-state index < -0.39 is 11.5 Å². The van der Waals surface area contributed by atoms with E-state index in [9.17, 15) is 13.6 Å². The Bertz CT molecular complexity index is 618. The zero-order valence-corrected chi connectivity index (χ0v) is 17.9. The van der Waals surface area contributed by atoms with Crippen molar-refractivity contribution in [2.24, 2.45) is 10.6 Å². The molecule has 0 radical (unpaired) electrons. The summed E-state index contributed by atoms with van der Waals surface area (Å²) >= 11 is 0. The number of halogens is 2. The Morgan fingerprint density at radius 2 is 1.79 bits per heavy atom. The standard InChI is InChI=1S/C20H33F2N3O4/c1-18(2,3)29-17(26)25-11-5-19(4,6-12-25)16-23-27-14-15(28-16)13-24-9-7-20(21,22)8-10-24/h15H,5-14H2,1-4H3. The molecule has 0 aromatic heterocycles. The molecular formula is C20H33F2N3O4. The zero-order chi connectivity index (χ0) is 21.3. The van der Waals surface area contributed by atoms with Crippen LogP contribution < -0.4 is 0 Å². The summed E-state index contributed by atoms with van der Waals surface area (Å²) < 4.78 is 38.3. The van der Waals surface area contributed by atoms with Gasteiger partial charge < -0.3 is 19.2 Å². The van der Waals surface area contributed by atoms with Crippen LogP contribution in [0.25, 0.3) is 0 Å². The predicted molar refractivity (Wildman–Crippen MR) is 104 cm³/mol. The monoisotopic (exact) mass is 417 g/mol. The van der Waals surface area contributed by atoms with Gasteiger partial charge in [0.05, 0.1) is 5.41 Å². The highest BCUT2D eigenvalue weighted by Crippen LogP contribution is 2.35. The minimum absolute atomic E-state index is 0.111. The van der Waals surface area contributed by atoms with Gasteiger partial charge in [0.15, 0.2) is 6.61 Å². The molecule has 0 aromatic rings. The molecule has 3 rings (SSSR count). The molecule has 0 aliphatic carbocycles. The fourth-order valence-electron chi connectivity index (χ4n) is 3.81. The van der Waals surface area contributed by atoms with Crippen LogP contribution in [0.5, 0.6) is 0 Å². The number of oxime groups is 1. The molecule has 3 aliphatic heterocycles. The van der Waals surface area contributed by atoms with Crippen molar-refractivity contribution in [1.82, 2.24) is 9.80 Å². The van der Waals surface area contributed by atoms with Crippen LogP contribution in [0, 0.1) is 5.41 Å². The van der Waals surface area contributed by atoms with E-state index in [2.05, 4.69) is 12.1 Å². The third-order valence-corrected chi connectivity index (χ3v) is 5.77. The van der Waals surface area contributed by atoms with Gasteiger partial charge in [0.1, 0.15) is 11.7 Å². The first-order valence-corrected chi connectivity index (χ1v) is 10.4. The largest absolute Gasteiger partial charge is 0.470 e. The normalized spacial score (nSPS) is 27.4. The number of ether oxygens (including phenoxy) is 2. The van der Waals surface area contributed by atoms with Crippen LogP contribution in [0.3, 0.4) is 0 Å². The summed E-state index contributed by atoms with van der Waals surface area (Å²) in [5.41, 5.74) is -0.847. The molecule has 7 nitrogen and oxygen atoms in total. The Morgan fingerprint density at radius 1 is 1.17 bits per heavy atom. The molecule has 1 unspecified atom stereocenters. The number of nitrogens with zero attached hydrogens (tertiary/aromatic N) is 3. The number of amides is 1. The molecule has 1 amide bonds. The number of piperidine rings is 2. The van der Waals surface area contributed by atoms with Crippen molar-refractivity contribution >= 4 is 12.0 Å². The number of alkyl halides is 2. The summed E-state index contributed by atoms with van der Waals surface area (Å²) in [4.78, 5) is 21.4. The lowest BCUT2D eigenvalue weighted by molar-refractivity contribution is -0.0714. The summed E-state index contributed by atoms with van der Waals surface area (Å²) in [7, 11) is 0. The molecule has 29 heavy (non-hydrogen) atoms. The molecule has 166 valence electrons. The second-order valence-corrected chi connectivity index (χ2v) is 9.62. The summed E-state index contributed by atoms with van der Waals surface area (Å²) in [6, 6.07) is 0. The molecule has 0 N–H and O–H groups in total. The second kappa shape index (κ2) is 8.24. The van der Waals surface area contributed by atoms with E-state index in [-0.39, 0.29) is 30.5 Å². The maximum Gasteiger partial charge on any atom is 0.410 e. The van der Waals surface area contributed by atoms with Crippen LogP contribution in [0.4, 0.5) is 13.6 Å². The van der Waals surface area contributed by atoms with Crippen molar-refractivity contribution in [2.75, 3.05) is 39.3 Å². The number of carbonyl (C=O) groups excluding carboxylic acids is 1. The van der Waals surface area contributed by atoms with Crippen molar-refractivity contribution < 1.29 is 27.9 Å². The zero-order valence-electron chi connectivity index (χ0n) is 17.9. The minimum Gasteiger partial charge on any atom is -0.470 e. The predicted octanol–water partition coefficient (Wildman–Crippen LogP) is 3.48. The molecule has 3 heterocycles. The number of rotatable bonds is 3. The molecule has 9 heteroatoms. The number of carbonyl (C=O) groups is 1. The molecule has 3 aliphatic rings. The van der Waals surface area contributed by atoms with Gasteiger partial charge in [-0.05, 0) is 33.6 Å². The van der Waals surface area contributed by atoms with Crippen molar-refractivity contribution in [3.8, 4) is 0 Å². The van der Waals surface area contributed by atoms with E-state index in [1.807, 2.05) is 25.7 Å². The van der Waals surface area contributed by atoms with Gasteiger partial charge in [-0.25, -0.2) is 13.6 Å². The smallest absolute Gasteiger partial charge is 0.410 e. The van der Waals surface area contributed by atoms with Gasteiger partial charge in [-0.15, -0.1) is 0 Å². The van der Waals surface area contributed by atoms with Gasteiger partial charge in [0.2, 0.25) is 5.90 Å². The molecule has 1 atom stereocenters. The van der Waals surface area contributed by atoms with Crippen molar-refractivity contribution in [2.45, 2.75) is 71.0 Å². The van der Waals surface area contributed by atoms with Gasteiger partial charge in [0.25, 0.3) is 5.92 Å². The van der Waals surface area contributed by atoms with E-state index in [1.165, 1.54) is 0 Å². The fourth-order valence-corrected chi connectivity index (χ4v) is 3.81. The van der Waals surface area contributed by atoms with Gasteiger partial charge >= 0.3 is 6.09 Å². The highest BCUT2D eigenvalue weighted by atomic mass is 19.3. The molecule has 0 saturated carbocycles. The number of hydrogen-bond donors (Lipinski definition) is 0. The molecule has 2 fully saturated rings. The van der Waals surface area contributed by atoms with Crippen LogP contribution in [0.15, 0.2) is 5.16 Å². The summed E-state index contributed by atoms with van der Waals surface area (Å²) in [6.45, 7) is 10.3. The van der Waals surface area contributed by atoms with E-state index in [1.54, 1.807) is 4.90 Å². The van der Waals surface area contributed by atoms with Gasteiger partial charge in [-0.1, -0.05) is 12.1 Å². The van der Waals surface area contributed by atoms with Gasteiger partial charge in [0, 0.05) is 45.6 Å². The quantitative estimate of drug-likeness (QED) is 0.704. The van der Waals surface area contributed by atoms with Crippen LogP contribution >= 0.6 is 0 Å². The molecule has 0 bridgehead atoms. The van der Waals surface area contributed by atoms with E-state index in [0.29, 0.717) is 58.1 Å². The Morgan fingerprint density at radius 3 is 2.38 bits per heavy atom. The number of hydrogen-bond acceptors (Lipinski definition) is 6. The highest BCUT2D eigenvalue weighted by Gasteiger charge is 2.42. The maximum atomic E-state index is 13.4. The van der Waals surface area contributed by atoms with Crippen molar-refractivity contribution in [3.05, 3.63) is 0 Å². The van der Waals surface area contributed by atoms with Gasteiger partial charge in [-0.3, -0.25) is 4.90 Å². The lowest BCUT2D eigenvalue weighted by atomic mass is 9.80. The Hall–Kier alpha value is -1.64. The first-order chi connectivity index (χ1) is 13.5. The van der Waals surface area contributed by atoms with Crippen molar-refractivity contribution in [3.63, 3.8) is 0 Å². The topological polar surface area (TPSA) is 63.6 Å². The highest BCUT2D eigenvalue weighted by molar-refractivity contribution is 5.82. The van der Waals surface area contributed by atoms with Crippen molar-refractivity contribution in [1.29, 1.82) is 0 Å².